The molecule has 0 aliphatic rings. The summed E-state index contributed by atoms with van der Waals surface area (Å²) in [6.45, 7) is 1.68. The van der Waals surface area contributed by atoms with E-state index in [-0.39, 0.29) is 5.56 Å². The summed E-state index contributed by atoms with van der Waals surface area (Å²) in [6.07, 6.45) is 1.38. The second-order valence-electron chi connectivity index (χ2n) is 1.35. The van der Waals surface area contributed by atoms with E-state index in [2.05, 4.69) is 9.68 Å². The largest absolute Gasteiger partial charge is 0.387 e. The molecule has 1 aromatic rings. The molecular weight excluding hydrogens is 94.0 g/mol. The average Bonchev–Trinajstić information content (AvgIpc) is 1.91. The zero-order valence-electron chi connectivity index (χ0n) is 3.89. The molecule has 0 bridgehead atoms. The summed E-state index contributed by atoms with van der Waals surface area (Å²) in [5.74, 6) is 0. The van der Waals surface area contributed by atoms with Crippen LogP contribution in [0.5, 0.6) is 0 Å². The van der Waals surface area contributed by atoms with Gasteiger partial charge in [0.2, 0.25) is 0 Å². The van der Waals surface area contributed by atoms with Crippen LogP contribution in [0.25, 0.3) is 0 Å². The van der Waals surface area contributed by atoms with E-state index in [1.54, 1.807) is 6.92 Å². The Labute approximate surface area is 39.9 Å². The highest BCUT2D eigenvalue weighted by Crippen LogP contribution is 1.80. The summed E-state index contributed by atoms with van der Waals surface area (Å²) in [7, 11) is 0. The van der Waals surface area contributed by atoms with Gasteiger partial charge in [0.15, 0.2) is 0 Å². The van der Waals surface area contributed by atoms with E-state index in [4.69, 9.17) is 0 Å². The molecule has 0 aliphatic carbocycles. The highest BCUT2D eigenvalue weighted by atomic mass is 16.5. The van der Waals surface area contributed by atoms with Gasteiger partial charge in [-0.25, -0.2) is 0 Å². The van der Waals surface area contributed by atoms with Crippen LogP contribution in [0, 0.1) is 6.92 Å². The van der Waals surface area contributed by atoms with E-state index in [0.717, 1.165) is 0 Å². The summed E-state index contributed by atoms with van der Waals surface area (Å²) in [6, 6.07) is 0. The van der Waals surface area contributed by atoms with E-state index in [1.165, 1.54) is 6.26 Å². The van der Waals surface area contributed by atoms with Gasteiger partial charge in [0, 0.05) is 0 Å². The van der Waals surface area contributed by atoms with Crippen molar-refractivity contribution in [3.8, 4) is 0 Å². The third-order valence-corrected chi connectivity index (χ3v) is 0.745. The van der Waals surface area contributed by atoms with Crippen molar-refractivity contribution < 1.29 is 4.52 Å². The second-order valence-corrected chi connectivity index (χ2v) is 1.35. The molecule has 1 aromatic heterocycles. The number of rotatable bonds is 0. The Hall–Kier alpha value is -0.990. The molecule has 3 nitrogen and oxygen atoms in total. The summed E-state index contributed by atoms with van der Waals surface area (Å²) in [5.41, 5.74) is 0.458. The van der Waals surface area contributed by atoms with E-state index in [0.29, 0.717) is 5.56 Å². The fourth-order valence-corrected chi connectivity index (χ4v) is 0.305. The van der Waals surface area contributed by atoms with E-state index in [1.807, 2.05) is 0 Å². The zero-order chi connectivity index (χ0) is 5.28. The van der Waals surface area contributed by atoms with E-state index < -0.39 is 0 Å². The van der Waals surface area contributed by atoms with Crippen molar-refractivity contribution in [1.82, 2.24) is 5.16 Å². The van der Waals surface area contributed by atoms with Crippen LogP contribution in [-0.2, 0) is 0 Å². The van der Waals surface area contributed by atoms with Gasteiger partial charge in [0.05, 0.1) is 5.56 Å². The molecule has 0 spiro atoms. The maximum atomic E-state index is 10.3. The van der Waals surface area contributed by atoms with Crippen molar-refractivity contribution in [2.24, 2.45) is 0 Å². The van der Waals surface area contributed by atoms with Crippen molar-refractivity contribution in [3.05, 3.63) is 22.2 Å². The van der Waals surface area contributed by atoms with Gasteiger partial charge in [0.25, 0.3) is 5.56 Å². The molecule has 0 aromatic carbocycles. The Morgan fingerprint density at radius 1 is 1.86 bits per heavy atom. The lowest BCUT2D eigenvalue weighted by molar-refractivity contribution is 0.413. The SMILES string of the molecule is Cc1co[nH]c1=O. The normalized spacial score (nSPS) is 9.29. The van der Waals surface area contributed by atoms with Crippen molar-refractivity contribution in [2.75, 3.05) is 0 Å². The smallest absolute Gasteiger partial charge is 0.282 e. The van der Waals surface area contributed by atoms with Crippen LogP contribution in [0.15, 0.2) is 15.6 Å². The average molecular weight is 99.1 g/mol. The van der Waals surface area contributed by atoms with Crippen LogP contribution in [0.1, 0.15) is 5.56 Å². The molecule has 0 fully saturated rings. The molecule has 0 saturated heterocycles. The van der Waals surface area contributed by atoms with Gasteiger partial charge in [-0.2, -0.15) is 5.16 Å². The van der Waals surface area contributed by atoms with Gasteiger partial charge in [-0.3, -0.25) is 4.79 Å². The predicted molar refractivity (Wildman–Crippen MR) is 24.1 cm³/mol. The minimum Gasteiger partial charge on any atom is -0.387 e. The summed E-state index contributed by atoms with van der Waals surface area (Å²) >= 11 is 0. The Bertz CT molecular complexity index is 197. The lowest BCUT2D eigenvalue weighted by atomic mass is 10.4. The minimum absolute atomic E-state index is 0.153. The number of aryl methyl sites for hydroxylation is 1. The summed E-state index contributed by atoms with van der Waals surface area (Å²) in [4.78, 5) is 10.3. The molecule has 38 valence electrons. The maximum absolute atomic E-state index is 10.3. The van der Waals surface area contributed by atoms with Gasteiger partial charge in [0.1, 0.15) is 6.26 Å². The van der Waals surface area contributed by atoms with Crippen LogP contribution >= 0.6 is 0 Å². The Balaban J connectivity index is 3.39. The minimum atomic E-state index is -0.153. The molecule has 0 amide bonds. The standard InChI is InChI=1S/C4H5NO2/c1-3-2-7-5-4(3)6/h2H,1H3,(H,5,6). The van der Waals surface area contributed by atoms with Crippen LogP contribution in [0.3, 0.4) is 0 Å². The molecule has 0 radical (unpaired) electrons. The molecule has 3 heteroatoms. The number of hydrogen-bond acceptors (Lipinski definition) is 2. The number of aromatic amines is 1. The lowest BCUT2D eigenvalue weighted by Gasteiger charge is -1.60. The fraction of sp³-hybridized carbons (Fsp3) is 0.250. The molecule has 1 heterocycles. The van der Waals surface area contributed by atoms with Crippen LogP contribution in [0.4, 0.5) is 0 Å². The number of aromatic nitrogens is 1. The predicted octanol–water partition coefficient (Wildman–Crippen LogP) is 0.276. The van der Waals surface area contributed by atoms with Gasteiger partial charge >= 0.3 is 0 Å². The van der Waals surface area contributed by atoms with Gasteiger partial charge in [-0.15, -0.1) is 0 Å². The first-order chi connectivity index (χ1) is 3.30. The fourth-order valence-electron chi connectivity index (χ4n) is 0.305. The zero-order valence-corrected chi connectivity index (χ0v) is 3.89. The summed E-state index contributed by atoms with van der Waals surface area (Å²) < 4.78 is 4.41. The van der Waals surface area contributed by atoms with Crippen molar-refractivity contribution in [2.45, 2.75) is 6.92 Å². The molecule has 1 rings (SSSR count). The molecular formula is C4H5NO2. The van der Waals surface area contributed by atoms with Crippen LogP contribution < -0.4 is 5.56 Å². The third-order valence-electron chi connectivity index (χ3n) is 0.745. The van der Waals surface area contributed by atoms with Crippen LogP contribution in [-0.4, -0.2) is 5.16 Å². The van der Waals surface area contributed by atoms with Crippen molar-refractivity contribution >= 4 is 0 Å². The molecule has 0 aliphatic heterocycles. The summed E-state index contributed by atoms with van der Waals surface area (Å²) in [5, 5.41) is 2.14. The maximum Gasteiger partial charge on any atom is 0.282 e. The monoisotopic (exact) mass is 99.0 g/mol. The van der Waals surface area contributed by atoms with Crippen molar-refractivity contribution in [1.29, 1.82) is 0 Å². The van der Waals surface area contributed by atoms with Crippen molar-refractivity contribution in [3.63, 3.8) is 0 Å². The number of H-pyrrole nitrogens is 1. The van der Waals surface area contributed by atoms with Gasteiger partial charge in [-0.05, 0) is 6.92 Å². The second kappa shape index (κ2) is 1.26. The van der Waals surface area contributed by atoms with E-state index >= 15 is 0 Å². The number of nitrogens with one attached hydrogen (secondary N) is 1. The van der Waals surface area contributed by atoms with Gasteiger partial charge in [-0.1, -0.05) is 0 Å². The Morgan fingerprint density at radius 2 is 2.57 bits per heavy atom. The van der Waals surface area contributed by atoms with Crippen LogP contribution in [0.2, 0.25) is 0 Å². The highest BCUT2D eigenvalue weighted by molar-refractivity contribution is 4.95. The first-order valence-electron chi connectivity index (χ1n) is 1.93. The topological polar surface area (TPSA) is 46.0 Å². The molecule has 0 saturated carbocycles. The molecule has 0 atom stereocenters. The van der Waals surface area contributed by atoms with Gasteiger partial charge < -0.3 is 4.52 Å². The highest BCUT2D eigenvalue weighted by Gasteiger charge is 1.88. The van der Waals surface area contributed by atoms with E-state index in [9.17, 15) is 4.79 Å². The molecule has 1 N–H and O–H groups in total. The number of hydrogen-bond donors (Lipinski definition) is 1. The first kappa shape index (κ1) is 4.18. The third kappa shape index (κ3) is 0.559. The quantitative estimate of drug-likeness (QED) is 0.507. The first-order valence-corrected chi connectivity index (χ1v) is 1.93. The molecule has 7 heavy (non-hydrogen) atoms. The lowest BCUT2D eigenvalue weighted by Crippen LogP contribution is -1.98. The Morgan fingerprint density at radius 3 is 2.71 bits per heavy atom. The Kier molecular flexibility index (Phi) is 0.749. The molecule has 0 unspecified atom stereocenters.